The smallest absolute Gasteiger partial charge is 0.102 e. The highest BCUT2D eigenvalue weighted by Gasteiger charge is 2.20. The Hall–Kier alpha value is -1.34. The molecule has 0 saturated heterocycles. The molecule has 1 aliphatic rings. The number of rotatable bonds is 3. The summed E-state index contributed by atoms with van der Waals surface area (Å²) in [5.41, 5.74) is 7.44. The van der Waals surface area contributed by atoms with Gasteiger partial charge in [-0.25, -0.2) is 0 Å². The fourth-order valence-corrected chi connectivity index (χ4v) is 2.57. The standard InChI is InChI=1S/C17H23NO2/c18-17(20)11-9-14-5-3-4-13(12-14)8-10-15-6-1-2-7-16(15)19/h3-5,12,15-17,19-20H,1-2,6-7,9,11,18H2. The van der Waals surface area contributed by atoms with Crippen molar-refractivity contribution in [3.05, 3.63) is 35.4 Å². The zero-order valence-electron chi connectivity index (χ0n) is 11.8. The minimum Gasteiger partial charge on any atom is -0.392 e. The van der Waals surface area contributed by atoms with Crippen molar-refractivity contribution in [2.75, 3.05) is 0 Å². The maximum absolute atomic E-state index is 9.90. The summed E-state index contributed by atoms with van der Waals surface area (Å²) in [7, 11) is 0. The third-order valence-electron chi connectivity index (χ3n) is 3.79. The molecule has 1 fully saturated rings. The van der Waals surface area contributed by atoms with Crippen molar-refractivity contribution < 1.29 is 10.2 Å². The van der Waals surface area contributed by atoms with Crippen LogP contribution in [0.25, 0.3) is 0 Å². The Morgan fingerprint density at radius 2 is 2.10 bits per heavy atom. The van der Waals surface area contributed by atoms with E-state index >= 15 is 0 Å². The van der Waals surface area contributed by atoms with Crippen LogP contribution < -0.4 is 5.73 Å². The van der Waals surface area contributed by atoms with Crippen LogP contribution in [0.5, 0.6) is 0 Å². The number of aliphatic hydroxyl groups is 2. The first-order valence-electron chi connectivity index (χ1n) is 7.37. The summed E-state index contributed by atoms with van der Waals surface area (Å²) < 4.78 is 0. The Morgan fingerprint density at radius 1 is 1.30 bits per heavy atom. The average molecular weight is 273 g/mol. The number of hydrogen-bond acceptors (Lipinski definition) is 3. The molecule has 1 aliphatic carbocycles. The highest BCUT2D eigenvalue weighted by molar-refractivity contribution is 5.37. The first-order valence-corrected chi connectivity index (χ1v) is 7.37. The van der Waals surface area contributed by atoms with Crippen LogP contribution in [0.3, 0.4) is 0 Å². The minimum absolute atomic E-state index is 0.110. The Morgan fingerprint density at radius 3 is 2.85 bits per heavy atom. The number of nitrogens with two attached hydrogens (primary N) is 1. The Labute approximate surface area is 120 Å². The molecule has 1 aromatic carbocycles. The monoisotopic (exact) mass is 273 g/mol. The molecule has 1 saturated carbocycles. The molecule has 0 aliphatic heterocycles. The van der Waals surface area contributed by atoms with Gasteiger partial charge in [-0.2, -0.15) is 0 Å². The van der Waals surface area contributed by atoms with E-state index in [2.05, 4.69) is 11.8 Å². The molecule has 0 radical (unpaired) electrons. The normalized spacial score (nSPS) is 23.8. The van der Waals surface area contributed by atoms with Crippen molar-refractivity contribution in [1.82, 2.24) is 0 Å². The van der Waals surface area contributed by atoms with Gasteiger partial charge in [-0.15, -0.1) is 0 Å². The third kappa shape index (κ3) is 4.64. The Kier molecular flexibility index (Phi) is 5.60. The quantitative estimate of drug-likeness (QED) is 0.581. The van der Waals surface area contributed by atoms with Gasteiger partial charge in [0.15, 0.2) is 0 Å². The Bertz CT molecular complexity index is 487. The molecule has 3 atom stereocenters. The molecular formula is C17H23NO2. The van der Waals surface area contributed by atoms with Crippen molar-refractivity contribution in [2.24, 2.45) is 11.7 Å². The lowest BCUT2D eigenvalue weighted by molar-refractivity contribution is 0.0970. The van der Waals surface area contributed by atoms with E-state index in [-0.39, 0.29) is 12.0 Å². The zero-order valence-corrected chi connectivity index (χ0v) is 11.8. The van der Waals surface area contributed by atoms with Crippen molar-refractivity contribution in [3.63, 3.8) is 0 Å². The molecule has 4 N–H and O–H groups in total. The molecule has 0 spiro atoms. The molecule has 108 valence electrons. The van der Waals surface area contributed by atoms with E-state index < -0.39 is 6.23 Å². The number of hydrogen-bond donors (Lipinski definition) is 3. The highest BCUT2D eigenvalue weighted by atomic mass is 16.3. The minimum atomic E-state index is -0.762. The fourth-order valence-electron chi connectivity index (χ4n) is 2.57. The van der Waals surface area contributed by atoms with Gasteiger partial charge < -0.3 is 15.9 Å². The molecule has 3 nitrogen and oxygen atoms in total. The lowest BCUT2D eigenvalue weighted by atomic mass is 9.87. The van der Waals surface area contributed by atoms with Crippen molar-refractivity contribution >= 4 is 0 Å². The number of aliphatic hydroxyl groups excluding tert-OH is 2. The predicted octanol–water partition coefficient (Wildman–Crippen LogP) is 1.80. The predicted molar refractivity (Wildman–Crippen MR) is 79.8 cm³/mol. The second-order valence-corrected chi connectivity index (χ2v) is 5.53. The van der Waals surface area contributed by atoms with Gasteiger partial charge in [0, 0.05) is 11.5 Å². The molecule has 3 heteroatoms. The first kappa shape index (κ1) is 15.1. The van der Waals surface area contributed by atoms with Crippen molar-refractivity contribution in [1.29, 1.82) is 0 Å². The highest BCUT2D eigenvalue weighted by Crippen LogP contribution is 2.23. The maximum Gasteiger partial charge on any atom is 0.102 e. The van der Waals surface area contributed by atoms with E-state index in [1.807, 2.05) is 24.3 Å². The second kappa shape index (κ2) is 7.44. The van der Waals surface area contributed by atoms with Crippen molar-refractivity contribution in [3.8, 4) is 11.8 Å². The largest absolute Gasteiger partial charge is 0.392 e. The number of benzene rings is 1. The lowest BCUT2D eigenvalue weighted by Gasteiger charge is -2.22. The van der Waals surface area contributed by atoms with E-state index in [9.17, 15) is 5.11 Å². The molecule has 0 bridgehead atoms. The van der Waals surface area contributed by atoms with Gasteiger partial charge in [0.2, 0.25) is 0 Å². The molecule has 1 aromatic rings. The summed E-state index contributed by atoms with van der Waals surface area (Å²) in [6, 6.07) is 8.00. The lowest BCUT2D eigenvalue weighted by Crippen LogP contribution is -2.22. The number of aryl methyl sites for hydroxylation is 1. The van der Waals surface area contributed by atoms with Gasteiger partial charge in [0.1, 0.15) is 6.23 Å². The van der Waals surface area contributed by atoms with E-state index in [1.165, 1.54) is 0 Å². The van der Waals surface area contributed by atoms with Crippen LogP contribution in [0, 0.1) is 17.8 Å². The van der Waals surface area contributed by atoms with Gasteiger partial charge in [-0.3, -0.25) is 0 Å². The van der Waals surface area contributed by atoms with Gasteiger partial charge in [0.25, 0.3) is 0 Å². The van der Waals surface area contributed by atoms with Crippen LogP contribution in [-0.4, -0.2) is 22.5 Å². The summed E-state index contributed by atoms with van der Waals surface area (Å²) >= 11 is 0. The third-order valence-corrected chi connectivity index (χ3v) is 3.79. The van der Waals surface area contributed by atoms with E-state index in [4.69, 9.17) is 10.8 Å². The maximum atomic E-state index is 9.90. The van der Waals surface area contributed by atoms with Gasteiger partial charge in [-0.1, -0.05) is 36.8 Å². The zero-order chi connectivity index (χ0) is 14.4. The molecule has 0 heterocycles. The van der Waals surface area contributed by atoms with Crippen LogP contribution in [0.2, 0.25) is 0 Å². The molecule has 3 unspecified atom stereocenters. The summed E-state index contributed by atoms with van der Waals surface area (Å²) in [4.78, 5) is 0. The molecule has 0 amide bonds. The SMILES string of the molecule is NC(O)CCc1cccc(C#CC2CCCCC2O)c1. The van der Waals surface area contributed by atoms with E-state index in [1.54, 1.807) is 0 Å². The second-order valence-electron chi connectivity index (χ2n) is 5.53. The van der Waals surface area contributed by atoms with Crippen LogP contribution in [0.4, 0.5) is 0 Å². The summed E-state index contributed by atoms with van der Waals surface area (Å²) in [6.07, 6.45) is 4.40. The van der Waals surface area contributed by atoms with E-state index in [0.29, 0.717) is 6.42 Å². The molecule has 20 heavy (non-hydrogen) atoms. The summed E-state index contributed by atoms with van der Waals surface area (Å²) in [5.74, 6) is 6.48. The van der Waals surface area contributed by atoms with Crippen LogP contribution >= 0.6 is 0 Å². The van der Waals surface area contributed by atoms with Crippen molar-refractivity contribution in [2.45, 2.75) is 50.9 Å². The van der Waals surface area contributed by atoms with E-state index in [0.717, 1.165) is 43.2 Å². The van der Waals surface area contributed by atoms with Crippen LogP contribution in [0.15, 0.2) is 24.3 Å². The first-order chi connectivity index (χ1) is 9.65. The van der Waals surface area contributed by atoms with Crippen LogP contribution in [0.1, 0.15) is 43.2 Å². The average Bonchev–Trinajstić information content (AvgIpc) is 2.45. The summed E-state index contributed by atoms with van der Waals surface area (Å²) in [6.45, 7) is 0. The van der Waals surface area contributed by atoms with Crippen LogP contribution in [-0.2, 0) is 6.42 Å². The Balaban J connectivity index is 2.00. The van der Waals surface area contributed by atoms with Gasteiger partial charge in [0.05, 0.1) is 6.10 Å². The van der Waals surface area contributed by atoms with Gasteiger partial charge >= 0.3 is 0 Å². The topological polar surface area (TPSA) is 66.5 Å². The molecule has 2 rings (SSSR count). The molecule has 0 aromatic heterocycles. The van der Waals surface area contributed by atoms with Gasteiger partial charge in [-0.05, 0) is 43.4 Å². The fraction of sp³-hybridized carbons (Fsp3) is 0.529. The molecular weight excluding hydrogens is 250 g/mol. The summed E-state index contributed by atoms with van der Waals surface area (Å²) in [5, 5.41) is 19.0.